The molecule has 0 aliphatic heterocycles. The minimum Gasteiger partial charge on any atom is -0.494 e. The summed E-state index contributed by atoms with van der Waals surface area (Å²) in [6.07, 6.45) is 0. The Morgan fingerprint density at radius 1 is 1.31 bits per heavy atom. The normalized spacial score (nSPS) is 9.85. The van der Waals surface area contributed by atoms with Crippen LogP contribution >= 0.6 is 0 Å². The summed E-state index contributed by atoms with van der Waals surface area (Å²) < 4.78 is 30.9. The van der Waals surface area contributed by atoms with E-state index in [1.54, 1.807) is 6.92 Å². The quantitative estimate of drug-likeness (QED) is 0.686. The van der Waals surface area contributed by atoms with Crippen molar-refractivity contribution in [2.45, 2.75) is 6.92 Å². The maximum absolute atomic E-state index is 13.2. The molecular formula is C10H10F2O. The minimum atomic E-state index is -0.969. The van der Waals surface area contributed by atoms with E-state index in [2.05, 4.69) is 11.3 Å². The lowest BCUT2D eigenvalue weighted by Crippen LogP contribution is -1.95. The van der Waals surface area contributed by atoms with Gasteiger partial charge in [0.25, 0.3) is 0 Å². The molecule has 3 heteroatoms. The molecular weight excluding hydrogens is 174 g/mol. The summed E-state index contributed by atoms with van der Waals surface area (Å²) in [6, 6.07) is 2.82. The van der Waals surface area contributed by atoms with Gasteiger partial charge in [-0.3, -0.25) is 0 Å². The van der Waals surface area contributed by atoms with E-state index >= 15 is 0 Å². The van der Waals surface area contributed by atoms with Crippen LogP contribution in [0.4, 0.5) is 8.78 Å². The predicted molar refractivity (Wildman–Crippen MR) is 47.6 cm³/mol. The van der Waals surface area contributed by atoms with Gasteiger partial charge in [-0.05, 0) is 24.6 Å². The van der Waals surface area contributed by atoms with E-state index < -0.39 is 11.6 Å². The highest BCUT2D eigenvalue weighted by Gasteiger charge is 2.13. The molecule has 0 aliphatic carbocycles. The van der Waals surface area contributed by atoms with E-state index in [1.165, 1.54) is 19.2 Å². The molecule has 0 N–H and O–H groups in total. The Balaban J connectivity index is 3.31. The first kappa shape index (κ1) is 9.71. The van der Waals surface area contributed by atoms with Crippen molar-refractivity contribution >= 4 is 5.57 Å². The smallest absolute Gasteiger partial charge is 0.201 e. The van der Waals surface area contributed by atoms with Gasteiger partial charge in [0.1, 0.15) is 0 Å². The van der Waals surface area contributed by atoms with Crippen LogP contribution in [-0.2, 0) is 0 Å². The molecule has 0 radical (unpaired) electrons. The molecule has 0 unspecified atom stereocenters. The minimum absolute atomic E-state index is 0.0949. The summed E-state index contributed by atoms with van der Waals surface area (Å²) in [4.78, 5) is 0. The third kappa shape index (κ3) is 1.69. The van der Waals surface area contributed by atoms with Gasteiger partial charge in [0.2, 0.25) is 5.82 Å². The Hall–Kier alpha value is -1.38. The first-order valence-corrected chi connectivity index (χ1v) is 3.75. The van der Waals surface area contributed by atoms with E-state index in [-0.39, 0.29) is 11.3 Å². The number of hydrogen-bond acceptors (Lipinski definition) is 1. The van der Waals surface area contributed by atoms with Crippen LogP contribution in [0.3, 0.4) is 0 Å². The Morgan fingerprint density at radius 3 is 2.38 bits per heavy atom. The van der Waals surface area contributed by atoms with Crippen molar-refractivity contribution in [3.05, 3.63) is 35.9 Å². The van der Waals surface area contributed by atoms with Crippen LogP contribution in [0.1, 0.15) is 12.5 Å². The molecule has 0 heterocycles. The number of halogens is 2. The zero-order valence-electron chi connectivity index (χ0n) is 7.53. The molecule has 0 atom stereocenters. The van der Waals surface area contributed by atoms with Gasteiger partial charge in [0, 0.05) is 5.56 Å². The van der Waals surface area contributed by atoms with Gasteiger partial charge in [-0.2, -0.15) is 4.39 Å². The largest absolute Gasteiger partial charge is 0.494 e. The Labute approximate surface area is 75.6 Å². The van der Waals surface area contributed by atoms with Crippen molar-refractivity contribution in [1.82, 2.24) is 0 Å². The summed E-state index contributed by atoms with van der Waals surface area (Å²) in [5, 5.41) is 0. The summed E-state index contributed by atoms with van der Waals surface area (Å²) in [7, 11) is 1.29. The fourth-order valence-corrected chi connectivity index (χ4v) is 1.02. The highest BCUT2D eigenvalue weighted by atomic mass is 19.2. The SMILES string of the molecule is C=C(C)c1ccc(OC)c(F)c1F. The van der Waals surface area contributed by atoms with Crippen LogP contribution in [0, 0.1) is 11.6 Å². The van der Waals surface area contributed by atoms with Gasteiger partial charge in [0.15, 0.2) is 11.6 Å². The maximum Gasteiger partial charge on any atom is 0.201 e. The van der Waals surface area contributed by atoms with Gasteiger partial charge >= 0.3 is 0 Å². The molecule has 70 valence electrons. The molecule has 0 bridgehead atoms. The summed E-state index contributed by atoms with van der Waals surface area (Å²) in [5.74, 6) is -1.97. The van der Waals surface area contributed by atoms with Crippen LogP contribution in [-0.4, -0.2) is 7.11 Å². The second kappa shape index (κ2) is 3.56. The Morgan fingerprint density at radius 2 is 1.92 bits per heavy atom. The number of hydrogen-bond donors (Lipinski definition) is 0. The van der Waals surface area contributed by atoms with Crippen LogP contribution < -0.4 is 4.74 Å². The molecule has 1 rings (SSSR count). The number of ether oxygens (including phenoxy) is 1. The fraction of sp³-hybridized carbons (Fsp3) is 0.200. The number of allylic oxidation sites excluding steroid dienone is 1. The van der Waals surface area contributed by atoms with Crippen molar-refractivity contribution < 1.29 is 13.5 Å². The van der Waals surface area contributed by atoms with Crippen molar-refractivity contribution in [2.24, 2.45) is 0 Å². The average molecular weight is 184 g/mol. The monoisotopic (exact) mass is 184 g/mol. The molecule has 13 heavy (non-hydrogen) atoms. The molecule has 0 aliphatic rings. The molecule has 1 aromatic carbocycles. The van der Waals surface area contributed by atoms with Crippen LogP contribution in [0.5, 0.6) is 5.75 Å². The van der Waals surface area contributed by atoms with Crippen LogP contribution in [0.2, 0.25) is 0 Å². The lowest BCUT2D eigenvalue weighted by molar-refractivity contribution is 0.371. The van der Waals surface area contributed by atoms with Crippen molar-refractivity contribution in [3.8, 4) is 5.75 Å². The van der Waals surface area contributed by atoms with E-state index in [0.29, 0.717) is 5.57 Å². The van der Waals surface area contributed by atoms with Crippen molar-refractivity contribution in [1.29, 1.82) is 0 Å². The highest BCUT2D eigenvalue weighted by molar-refractivity contribution is 5.62. The predicted octanol–water partition coefficient (Wildman–Crippen LogP) is 3.01. The van der Waals surface area contributed by atoms with Crippen LogP contribution in [0.25, 0.3) is 5.57 Å². The van der Waals surface area contributed by atoms with Gasteiger partial charge < -0.3 is 4.74 Å². The van der Waals surface area contributed by atoms with Crippen molar-refractivity contribution in [2.75, 3.05) is 7.11 Å². The molecule has 1 nitrogen and oxygen atoms in total. The second-order valence-corrected chi connectivity index (χ2v) is 2.72. The first-order valence-electron chi connectivity index (χ1n) is 3.75. The molecule has 0 aromatic heterocycles. The third-order valence-corrected chi connectivity index (χ3v) is 1.73. The zero-order chi connectivity index (χ0) is 10.0. The molecule has 0 saturated carbocycles. The Bertz CT molecular complexity index is 345. The fourth-order valence-electron chi connectivity index (χ4n) is 1.02. The van der Waals surface area contributed by atoms with Crippen molar-refractivity contribution in [3.63, 3.8) is 0 Å². The van der Waals surface area contributed by atoms with Gasteiger partial charge in [-0.1, -0.05) is 6.58 Å². The number of methoxy groups -OCH3 is 1. The van der Waals surface area contributed by atoms with Gasteiger partial charge in [-0.15, -0.1) is 0 Å². The average Bonchev–Trinajstić information content (AvgIpc) is 2.09. The van der Waals surface area contributed by atoms with Crippen LogP contribution in [0.15, 0.2) is 18.7 Å². The molecule has 0 fully saturated rings. The molecule has 0 saturated heterocycles. The topological polar surface area (TPSA) is 9.23 Å². The molecule has 0 spiro atoms. The van der Waals surface area contributed by atoms with E-state index in [4.69, 9.17) is 0 Å². The molecule has 1 aromatic rings. The Kier molecular flexibility index (Phi) is 2.66. The van der Waals surface area contributed by atoms with E-state index in [1.807, 2.05) is 0 Å². The second-order valence-electron chi connectivity index (χ2n) is 2.72. The first-order chi connectivity index (χ1) is 6.07. The summed E-state index contributed by atoms with van der Waals surface area (Å²) >= 11 is 0. The van der Waals surface area contributed by atoms with E-state index in [9.17, 15) is 8.78 Å². The zero-order valence-corrected chi connectivity index (χ0v) is 7.53. The third-order valence-electron chi connectivity index (χ3n) is 1.73. The molecule has 0 amide bonds. The van der Waals surface area contributed by atoms with E-state index in [0.717, 1.165) is 0 Å². The number of benzene rings is 1. The summed E-state index contributed by atoms with van der Waals surface area (Å²) in [6.45, 7) is 5.15. The lowest BCUT2D eigenvalue weighted by atomic mass is 10.1. The summed E-state index contributed by atoms with van der Waals surface area (Å²) in [5.41, 5.74) is 0.664. The standard InChI is InChI=1S/C10H10F2O/c1-6(2)7-4-5-8(13-3)10(12)9(7)11/h4-5H,1H2,2-3H3. The maximum atomic E-state index is 13.2. The lowest BCUT2D eigenvalue weighted by Gasteiger charge is -2.06. The van der Waals surface area contributed by atoms with Gasteiger partial charge in [0.05, 0.1) is 7.11 Å². The number of rotatable bonds is 2. The highest BCUT2D eigenvalue weighted by Crippen LogP contribution is 2.25. The van der Waals surface area contributed by atoms with Gasteiger partial charge in [-0.25, -0.2) is 4.39 Å².